The fourth-order valence-electron chi connectivity index (χ4n) is 0.409. The number of rotatable bonds is 3. The third-order valence-electron chi connectivity index (χ3n) is 0.982. The molecule has 0 aliphatic rings. The normalized spacial score (nSPS) is 8.44. The third kappa shape index (κ3) is 5.04. The van der Waals surface area contributed by atoms with Gasteiger partial charge in [0.15, 0.2) is 0 Å². The summed E-state index contributed by atoms with van der Waals surface area (Å²) in [5.41, 5.74) is 0. The molecule has 0 aromatic heterocycles. The smallest absolute Gasteiger partial charge is 0 e. The van der Waals surface area contributed by atoms with Gasteiger partial charge in [-0.05, 0) is 19.9 Å². The maximum absolute atomic E-state index is 9.94. The van der Waals surface area contributed by atoms with Crippen LogP contribution >= 0.6 is 0 Å². The Labute approximate surface area is 81.9 Å². The van der Waals surface area contributed by atoms with E-state index in [0.29, 0.717) is 6.54 Å². The molecule has 9 heavy (non-hydrogen) atoms. The van der Waals surface area contributed by atoms with E-state index in [1.54, 1.807) is 6.41 Å². The minimum absolute atomic E-state index is 0. The van der Waals surface area contributed by atoms with Crippen molar-refractivity contribution < 1.29 is 37.5 Å². The van der Waals surface area contributed by atoms with Crippen LogP contribution in [0.3, 0.4) is 0 Å². The van der Waals surface area contributed by atoms with Gasteiger partial charge in [-0.1, -0.05) is 0 Å². The van der Waals surface area contributed by atoms with E-state index < -0.39 is 0 Å². The summed E-state index contributed by atoms with van der Waals surface area (Å²) in [5.74, 6) is 0. The monoisotopic (exact) mass is 202 g/mol. The predicted octanol–water partition coefficient (Wildman–Crippen LogP) is 0.596. The molecule has 51 valence electrons. The standard InChI is InChI=1S/C6H11NO.Y/c1-4-7(5-8)6(2)3;/h6H,1,4H2,2-3H3;/q-2;. The topological polar surface area (TPSA) is 20.3 Å². The fourth-order valence-corrected chi connectivity index (χ4v) is 0.409. The van der Waals surface area contributed by atoms with Gasteiger partial charge in [-0.15, -0.1) is 6.54 Å². The first-order valence-corrected chi connectivity index (χ1v) is 2.66. The molecule has 0 aliphatic carbocycles. The number of hydrogen-bond acceptors (Lipinski definition) is 1. The molecule has 2 nitrogen and oxygen atoms in total. The van der Waals surface area contributed by atoms with Gasteiger partial charge < -0.3 is 16.6 Å². The van der Waals surface area contributed by atoms with E-state index in [4.69, 9.17) is 0 Å². The molecule has 3 heteroatoms. The Balaban J connectivity index is 0. The van der Waals surface area contributed by atoms with Crippen molar-refractivity contribution in [3.8, 4) is 0 Å². The molecule has 0 saturated carbocycles. The van der Waals surface area contributed by atoms with Gasteiger partial charge in [0, 0.05) is 32.7 Å². The van der Waals surface area contributed by atoms with Gasteiger partial charge in [0.1, 0.15) is 0 Å². The molecule has 1 radical (unpaired) electrons. The Hall–Kier alpha value is 0.574. The molecule has 0 fully saturated rings. The third-order valence-corrected chi connectivity index (χ3v) is 0.982. The Morgan fingerprint density at radius 3 is 2.11 bits per heavy atom. The van der Waals surface area contributed by atoms with Crippen LogP contribution in [0.5, 0.6) is 0 Å². The van der Waals surface area contributed by atoms with Crippen LogP contribution in [0.1, 0.15) is 13.8 Å². The van der Waals surface area contributed by atoms with Crippen LogP contribution in [0.4, 0.5) is 0 Å². The van der Waals surface area contributed by atoms with Gasteiger partial charge in [-0.25, -0.2) is 0 Å². The summed E-state index contributed by atoms with van der Waals surface area (Å²) in [6.45, 7) is 7.90. The Bertz CT molecular complexity index is 75.5. The number of hydrogen-bond donors (Lipinski definition) is 0. The maximum Gasteiger partial charge on any atom is 0 e. The number of amides is 1. The summed E-state index contributed by atoms with van der Waals surface area (Å²) < 4.78 is 0. The maximum atomic E-state index is 9.94. The molecule has 0 aliphatic heterocycles. The van der Waals surface area contributed by atoms with Crippen molar-refractivity contribution in [2.45, 2.75) is 19.9 Å². The second-order valence-corrected chi connectivity index (χ2v) is 1.88. The summed E-state index contributed by atoms with van der Waals surface area (Å²) in [6.07, 6.45) is 1.77. The van der Waals surface area contributed by atoms with Gasteiger partial charge in [0.05, 0.1) is 0 Å². The zero-order valence-electron chi connectivity index (χ0n) is 5.92. The second-order valence-electron chi connectivity index (χ2n) is 1.88. The van der Waals surface area contributed by atoms with Gasteiger partial charge >= 0.3 is 0 Å². The SMILES string of the molecule is [CH2-]CN([C-]=O)C(C)C.[Y]. The van der Waals surface area contributed by atoms with Gasteiger partial charge in [-0.3, -0.25) is 0 Å². The van der Waals surface area contributed by atoms with E-state index in [9.17, 15) is 4.79 Å². The largest absolute Gasteiger partial charge is 0.540 e. The van der Waals surface area contributed by atoms with Crippen molar-refractivity contribution in [1.82, 2.24) is 4.90 Å². The zero-order chi connectivity index (χ0) is 6.57. The number of carbonyl (C=O) groups excluding carboxylic acids is 1. The Kier molecular flexibility index (Phi) is 9.12. The first kappa shape index (κ1) is 12.3. The number of nitrogens with zero attached hydrogens (tertiary/aromatic N) is 1. The van der Waals surface area contributed by atoms with Crippen LogP contribution in [0.15, 0.2) is 0 Å². The summed E-state index contributed by atoms with van der Waals surface area (Å²) in [6, 6.07) is 0.227. The minimum atomic E-state index is 0. The molecule has 0 rings (SSSR count). The van der Waals surface area contributed by atoms with Crippen molar-refractivity contribution in [2.75, 3.05) is 6.54 Å². The molecule has 0 heterocycles. The average Bonchev–Trinajstić information content (AvgIpc) is 1.69. The van der Waals surface area contributed by atoms with Crippen LogP contribution in [0.2, 0.25) is 0 Å². The molecule has 0 aromatic rings. The van der Waals surface area contributed by atoms with Crippen LogP contribution in [0, 0.1) is 6.92 Å². The van der Waals surface area contributed by atoms with Crippen molar-refractivity contribution in [2.24, 2.45) is 0 Å². The van der Waals surface area contributed by atoms with Crippen LogP contribution in [0.25, 0.3) is 0 Å². The molecule has 0 N–H and O–H groups in total. The zero-order valence-corrected chi connectivity index (χ0v) is 8.76. The van der Waals surface area contributed by atoms with Crippen LogP contribution < -0.4 is 0 Å². The van der Waals surface area contributed by atoms with E-state index in [-0.39, 0.29) is 38.8 Å². The van der Waals surface area contributed by atoms with Crippen molar-refractivity contribution >= 4 is 6.41 Å². The Morgan fingerprint density at radius 2 is 2.11 bits per heavy atom. The molecular formula is C6H11NOY-2. The van der Waals surface area contributed by atoms with Gasteiger partial charge in [0.25, 0.3) is 0 Å². The van der Waals surface area contributed by atoms with E-state index in [1.165, 1.54) is 4.90 Å². The van der Waals surface area contributed by atoms with Gasteiger partial charge in [-0.2, -0.15) is 6.41 Å². The van der Waals surface area contributed by atoms with E-state index >= 15 is 0 Å². The van der Waals surface area contributed by atoms with E-state index in [0.717, 1.165) is 0 Å². The van der Waals surface area contributed by atoms with Crippen LogP contribution in [-0.4, -0.2) is 23.9 Å². The first-order chi connectivity index (χ1) is 3.72. The summed E-state index contributed by atoms with van der Waals surface area (Å²) in [7, 11) is 0. The van der Waals surface area contributed by atoms with Crippen molar-refractivity contribution in [1.29, 1.82) is 0 Å². The summed E-state index contributed by atoms with van der Waals surface area (Å²) >= 11 is 0. The van der Waals surface area contributed by atoms with Crippen molar-refractivity contribution in [3.05, 3.63) is 6.92 Å². The quantitative estimate of drug-likeness (QED) is 0.484. The second kappa shape index (κ2) is 6.69. The molecular weight excluding hydrogens is 191 g/mol. The molecule has 0 unspecified atom stereocenters. The molecule has 0 spiro atoms. The summed E-state index contributed by atoms with van der Waals surface area (Å²) in [4.78, 5) is 11.4. The van der Waals surface area contributed by atoms with E-state index in [2.05, 4.69) is 6.92 Å². The molecule has 0 aromatic carbocycles. The fraction of sp³-hybridized carbons (Fsp3) is 0.667. The Morgan fingerprint density at radius 1 is 1.67 bits per heavy atom. The minimum Gasteiger partial charge on any atom is -0.540 e. The van der Waals surface area contributed by atoms with Crippen LogP contribution in [-0.2, 0) is 37.5 Å². The summed E-state index contributed by atoms with van der Waals surface area (Å²) in [5, 5.41) is 0. The predicted molar refractivity (Wildman–Crippen MR) is 32.9 cm³/mol. The van der Waals surface area contributed by atoms with Gasteiger partial charge in [0.2, 0.25) is 0 Å². The van der Waals surface area contributed by atoms with Crippen molar-refractivity contribution in [3.63, 3.8) is 0 Å². The molecule has 1 amide bonds. The molecule has 0 atom stereocenters. The molecule has 0 bridgehead atoms. The first-order valence-electron chi connectivity index (χ1n) is 2.66. The molecule has 0 saturated heterocycles. The average molecular weight is 202 g/mol. The van der Waals surface area contributed by atoms with E-state index in [1.807, 2.05) is 13.8 Å².